The van der Waals surface area contributed by atoms with E-state index in [-0.39, 0.29) is 10.7 Å². The quantitative estimate of drug-likeness (QED) is 0.789. The summed E-state index contributed by atoms with van der Waals surface area (Å²) < 4.78 is 26.1. The summed E-state index contributed by atoms with van der Waals surface area (Å²) in [5.74, 6) is -0.776. The van der Waals surface area contributed by atoms with Gasteiger partial charge in [-0.1, -0.05) is 30.0 Å². The Morgan fingerprint density at radius 2 is 2.00 bits per heavy atom. The van der Waals surface area contributed by atoms with Crippen molar-refractivity contribution in [3.05, 3.63) is 41.5 Å². The Labute approximate surface area is 91.2 Å². The van der Waals surface area contributed by atoms with Crippen molar-refractivity contribution >= 4 is 23.0 Å². The van der Waals surface area contributed by atoms with E-state index >= 15 is 0 Å². The molecule has 1 aromatic carbocycles. The Morgan fingerprint density at radius 1 is 1.40 bits per heavy atom. The van der Waals surface area contributed by atoms with Crippen molar-refractivity contribution < 1.29 is 13.6 Å². The number of carbonyl (C=O) groups excluding carboxylic acids is 1. The molecule has 1 rings (SSSR count). The van der Waals surface area contributed by atoms with Gasteiger partial charge in [-0.05, 0) is 12.1 Å². The van der Waals surface area contributed by atoms with Crippen LogP contribution in [0.2, 0.25) is 0 Å². The summed E-state index contributed by atoms with van der Waals surface area (Å²) in [5, 5.41) is -0.0198. The highest BCUT2D eigenvalue weighted by molar-refractivity contribution is 8.13. The fraction of sp³-hybridized carbons (Fsp3) is 0.182. The third-order valence-electron chi connectivity index (χ3n) is 1.67. The summed E-state index contributed by atoms with van der Waals surface area (Å²) in [6, 6.07) is 3.70. The second-order valence-electron chi connectivity index (χ2n) is 2.84. The number of halogens is 2. The number of hydrogen-bond acceptors (Lipinski definition) is 2. The molecule has 1 nitrogen and oxygen atoms in total. The van der Waals surface area contributed by atoms with Crippen molar-refractivity contribution in [2.24, 2.45) is 0 Å². The maximum atomic E-state index is 13.1. The summed E-state index contributed by atoms with van der Waals surface area (Å²) in [5.41, 5.74) is -0.0679. The SMILES string of the molecule is CC(=O)SCC=Cc1c(F)cccc1F. The van der Waals surface area contributed by atoms with Gasteiger partial charge in [0, 0.05) is 18.2 Å². The van der Waals surface area contributed by atoms with Gasteiger partial charge in [-0.3, -0.25) is 4.79 Å². The number of benzene rings is 1. The highest BCUT2D eigenvalue weighted by atomic mass is 32.2. The molecule has 0 heterocycles. The van der Waals surface area contributed by atoms with Gasteiger partial charge >= 0.3 is 0 Å². The fourth-order valence-corrected chi connectivity index (χ4v) is 1.43. The molecule has 0 bridgehead atoms. The third-order valence-corrected chi connectivity index (χ3v) is 2.43. The highest BCUT2D eigenvalue weighted by Gasteiger charge is 2.03. The Bertz CT molecular complexity index is 368. The molecule has 15 heavy (non-hydrogen) atoms. The molecule has 0 aromatic heterocycles. The van der Waals surface area contributed by atoms with Crippen LogP contribution in [0.4, 0.5) is 8.78 Å². The molecular formula is C11H10F2OS. The first-order chi connectivity index (χ1) is 7.11. The minimum Gasteiger partial charge on any atom is -0.288 e. The largest absolute Gasteiger partial charge is 0.288 e. The number of thioether (sulfide) groups is 1. The molecule has 0 amide bonds. The molecule has 0 unspecified atom stereocenters. The van der Waals surface area contributed by atoms with Gasteiger partial charge in [-0.15, -0.1) is 0 Å². The van der Waals surface area contributed by atoms with Gasteiger partial charge in [0.15, 0.2) is 5.12 Å². The molecule has 0 spiro atoms. The van der Waals surface area contributed by atoms with Crippen LogP contribution in [-0.2, 0) is 4.79 Å². The Kier molecular flexibility index (Phi) is 4.49. The topological polar surface area (TPSA) is 17.1 Å². The van der Waals surface area contributed by atoms with Crippen molar-refractivity contribution in [2.45, 2.75) is 6.92 Å². The number of rotatable bonds is 3. The fourth-order valence-electron chi connectivity index (χ4n) is 1.00. The smallest absolute Gasteiger partial charge is 0.186 e. The van der Waals surface area contributed by atoms with E-state index in [9.17, 15) is 13.6 Å². The van der Waals surface area contributed by atoms with Crippen molar-refractivity contribution in [3.63, 3.8) is 0 Å². The lowest BCUT2D eigenvalue weighted by Gasteiger charge is -1.97. The molecule has 80 valence electrons. The molecule has 0 aliphatic heterocycles. The molecule has 1 aromatic rings. The Balaban J connectivity index is 2.67. The van der Waals surface area contributed by atoms with Crippen LogP contribution in [0.5, 0.6) is 0 Å². The van der Waals surface area contributed by atoms with Gasteiger partial charge in [-0.25, -0.2) is 8.78 Å². The molecular weight excluding hydrogens is 218 g/mol. The summed E-state index contributed by atoms with van der Waals surface area (Å²) >= 11 is 1.09. The average molecular weight is 228 g/mol. The molecule has 4 heteroatoms. The van der Waals surface area contributed by atoms with Crippen molar-refractivity contribution in [3.8, 4) is 0 Å². The van der Waals surface area contributed by atoms with Crippen LogP contribution in [0.1, 0.15) is 12.5 Å². The van der Waals surface area contributed by atoms with E-state index in [4.69, 9.17) is 0 Å². The lowest BCUT2D eigenvalue weighted by Crippen LogP contribution is -1.88. The van der Waals surface area contributed by atoms with Gasteiger partial charge < -0.3 is 0 Å². The van der Waals surface area contributed by atoms with Crippen molar-refractivity contribution in [2.75, 3.05) is 5.75 Å². The summed E-state index contributed by atoms with van der Waals surface area (Å²) in [6.07, 6.45) is 2.91. The van der Waals surface area contributed by atoms with Crippen molar-refractivity contribution in [1.29, 1.82) is 0 Å². The number of hydrogen-bond donors (Lipinski definition) is 0. The molecule has 0 aliphatic rings. The van der Waals surface area contributed by atoms with E-state index in [0.717, 1.165) is 11.8 Å². The van der Waals surface area contributed by atoms with Crippen molar-refractivity contribution in [1.82, 2.24) is 0 Å². The first kappa shape index (κ1) is 11.9. The Hall–Kier alpha value is -1.16. The standard InChI is InChI=1S/C11H10F2OS/c1-8(14)15-7-3-4-9-10(12)5-2-6-11(9)13/h2-6H,7H2,1H3. The lowest BCUT2D eigenvalue weighted by molar-refractivity contribution is -0.109. The first-order valence-electron chi connectivity index (χ1n) is 4.35. The summed E-state index contributed by atoms with van der Waals surface area (Å²) in [7, 11) is 0. The maximum absolute atomic E-state index is 13.1. The predicted molar refractivity (Wildman–Crippen MR) is 58.5 cm³/mol. The summed E-state index contributed by atoms with van der Waals surface area (Å²) in [4.78, 5) is 10.6. The monoisotopic (exact) mass is 228 g/mol. The van der Waals surface area contributed by atoms with Crippen LogP contribution in [0, 0.1) is 11.6 Å². The van der Waals surface area contributed by atoms with Crippen LogP contribution < -0.4 is 0 Å². The van der Waals surface area contributed by atoms with E-state index in [0.29, 0.717) is 5.75 Å². The van der Waals surface area contributed by atoms with Gasteiger partial charge in [0.1, 0.15) is 11.6 Å². The van der Waals surface area contributed by atoms with E-state index in [1.165, 1.54) is 31.2 Å². The third kappa shape index (κ3) is 3.83. The average Bonchev–Trinajstić information content (AvgIpc) is 2.15. The van der Waals surface area contributed by atoms with E-state index in [1.807, 2.05) is 0 Å². The van der Waals surface area contributed by atoms with E-state index < -0.39 is 11.6 Å². The van der Waals surface area contributed by atoms with E-state index in [1.54, 1.807) is 6.08 Å². The van der Waals surface area contributed by atoms with Gasteiger partial charge in [0.2, 0.25) is 0 Å². The minimum absolute atomic E-state index is 0.0198. The zero-order valence-corrected chi connectivity index (χ0v) is 8.98. The number of carbonyl (C=O) groups is 1. The second kappa shape index (κ2) is 5.66. The molecule has 0 atom stereocenters. The van der Waals surface area contributed by atoms with Crippen LogP contribution in [0.3, 0.4) is 0 Å². The van der Waals surface area contributed by atoms with Crippen LogP contribution in [0.25, 0.3) is 6.08 Å². The molecule has 0 fully saturated rings. The van der Waals surface area contributed by atoms with Gasteiger partial charge in [0.05, 0.1) is 0 Å². The molecule has 0 radical (unpaired) electrons. The molecule has 0 aliphatic carbocycles. The first-order valence-corrected chi connectivity index (χ1v) is 5.33. The van der Waals surface area contributed by atoms with E-state index in [2.05, 4.69) is 0 Å². The van der Waals surface area contributed by atoms with Crippen LogP contribution in [-0.4, -0.2) is 10.9 Å². The van der Waals surface area contributed by atoms with Crippen LogP contribution >= 0.6 is 11.8 Å². The lowest BCUT2D eigenvalue weighted by atomic mass is 10.2. The second-order valence-corrected chi connectivity index (χ2v) is 4.04. The molecule has 0 saturated carbocycles. The molecule has 0 saturated heterocycles. The maximum Gasteiger partial charge on any atom is 0.186 e. The highest BCUT2D eigenvalue weighted by Crippen LogP contribution is 2.14. The predicted octanol–water partition coefficient (Wildman–Crippen LogP) is 3.26. The zero-order chi connectivity index (χ0) is 11.3. The van der Waals surface area contributed by atoms with Gasteiger partial charge in [0.25, 0.3) is 0 Å². The Morgan fingerprint density at radius 3 is 2.53 bits per heavy atom. The summed E-state index contributed by atoms with van der Waals surface area (Å²) in [6.45, 7) is 1.45. The zero-order valence-electron chi connectivity index (χ0n) is 8.17. The van der Waals surface area contributed by atoms with Crippen LogP contribution in [0.15, 0.2) is 24.3 Å². The normalized spacial score (nSPS) is 10.9. The van der Waals surface area contributed by atoms with Gasteiger partial charge in [-0.2, -0.15) is 0 Å². The minimum atomic E-state index is -0.598. The molecule has 0 N–H and O–H groups in total.